The van der Waals surface area contributed by atoms with E-state index < -0.39 is 18.1 Å². The summed E-state index contributed by atoms with van der Waals surface area (Å²) in [5.41, 5.74) is 0. The second-order valence-corrected chi connectivity index (χ2v) is 4.70. The average molecular weight is 253 g/mol. The van der Waals surface area contributed by atoms with Crippen LogP contribution in [-0.2, 0) is 9.53 Å². The van der Waals surface area contributed by atoms with Crippen LogP contribution in [0.4, 0.5) is 4.39 Å². The van der Waals surface area contributed by atoms with Gasteiger partial charge in [0.05, 0.1) is 13.0 Å². The number of methoxy groups -OCH3 is 1. The number of hydrogen-bond acceptors (Lipinski definition) is 2. The van der Waals surface area contributed by atoms with Crippen LogP contribution in [0.2, 0.25) is 0 Å². The molecule has 1 saturated carbocycles. The van der Waals surface area contributed by atoms with E-state index in [2.05, 4.69) is 20.7 Å². The third-order valence-corrected chi connectivity index (χ3v) is 3.29. The Hall–Kier alpha value is -0.120. The summed E-state index contributed by atoms with van der Waals surface area (Å²) < 4.78 is 18.0. The summed E-state index contributed by atoms with van der Waals surface area (Å²) in [5.74, 6) is -0.957. The van der Waals surface area contributed by atoms with Gasteiger partial charge in [-0.15, -0.1) is 0 Å². The highest BCUT2D eigenvalue weighted by molar-refractivity contribution is 9.09. The van der Waals surface area contributed by atoms with Gasteiger partial charge >= 0.3 is 5.97 Å². The van der Waals surface area contributed by atoms with Crippen molar-refractivity contribution in [2.75, 3.05) is 7.11 Å². The molecule has 1 fully saturated rings. The number of esters is 1. The zero-order valence-electron chi connectivity index (χ0n) is 7.63. The van der Waals surface area contributed by atoms with Crippen molar-refractivity contribution in [3.63, 3.8) is 0 Å². The van der Waals surface area contributed by atoms with Gasteiger partial charge in [0.25, 0.3) is 0 Å². The Morgan fingerprint density at radius 2 is 2.23 bits per heavy atom. The molecule has 0 radical (unpaired) electrons. The molecule has 0 aromatic heterocycles. The Labute approximate surface area is 86.0 Å². The monoisotopic (exact) mass is 252 g/mol. The van der Waals surface area contributed by atoms with Gasteiger partial charge in [0.2, 0.25) is 0 Å². The van der Waals surface area contributed by atoms with Gasteiger partial charge in [0.15, 0.2) is 0 Å². The second kappa shape index (κ2) is 4.94. The molecule has 3 unspecified atom stereocenters. The topological polar surface area (TPSA) is 26.3 Å². The highest BCUT2D eigenvalue weighted by atomic mass is 79.9. The Morgan fingerprint density at radius 1 is 1.54 bits per heavy atom. The molecule has 1 aliphatic rings. The maximum Gasteiger partial charge on any atom is 0.311 e. The zero-order chi connectivity index (χ0) is 9.84. The first-order valence-electron chi connectivity index (χ1n) is 4.51. The summed E-state index contributed by atoms with van der Waals surface area (Å²) in [6.45, 7) is 0. The molecule has 0 saturated heterocycles. The molecule has 76 valence electrons. The van der Waals surface area contributed by atoms with E-state index in [0.29, 0.717) is 12.8 Å². The van der Waals surface area contributed by atoms with Crippen LogP contribution in [0.1, 0.15) is 25.7 Å². The molecule has 13 heavy (non-hydrogen) atoms. The van der Waals surface area contributed by atoms with E-state index >= 15 is 0 Å². The number of carbonyl (C=O) groups excluding carboxylic acids is 1. The van der Waals surface area contributed by atoms with Gasteiger partial charge in [0.1, 0.15) is 6.17 Å². The third kappa shape index (κ3) is 2.93. The van der Waals surface area contributed by atoms with Crippen molar-refractivity contribution in [3.8, 4) is 0 Å². The Kier molecular flexibility index (Phi) is 4.16. The normalized spacial score (nSPS) is 35.2. The maximum atomic E-state index is 13.5. The summed E-state index contributed by atoms with van der Waals surface area (Å²) in [6, 6.07) is 0. The lowest BCUT2D eigenvalue weighted by molar-refractivity contribution is -0.148. The molecule has 0 aromatic carbocycles. The SMILES string of the molecule is COC(=O)C1CCCC(Br)CC1F. The maximum absolute atomic E-state index is 13.5. The first-order chi connectivity index (χ1) is 6.15. The highest BCUT2D eigenvalue weighted by Crippen LogP contribution is 2.30. The standard InChI is InChI=1S/C9H14BrFO2/c1-13-9(12)7-4-2-3-6(10)5-8(7)11/h6-8H,2-5H2,1H3. The van der Waals surface area contributed by atoms with Crippen molar-refractivity contribution in [3.05, 3.63) is 0 Å². The Bertz CT molecular complexity index is 186. The summed E-state index contributed by atoms with van der Waals surface area (Å²) >= 11 is 3.39. The van der Waals surface area contributed by atoms with Crippen molar-refractivity contribution in [1.29, 1.82) is 0 Å². The van der Waals surface area contributed by atoms with E-state index in [-0.39, 0.29) is 4.83 Å². The average Bonchev–Trinajstić information content (AvgIpc) is 2.25. The van der Waals surface area contributed by atoms with E-state index in [1.807, 2.05) is 0 Å². The number of alkyl halides is 2. The molecule has 2 nitrogen and oxygen atoms in total. The Balaban J connectivity index is 2.57. The van der Waals surface area contributed by atoms with E-state index in [1.165, 1.54) is 7.11 Å². The predicted molar refractivity (Wildman–Crippen MR) is 51.6 cm³/mol. The van der Waals surface area contributed by atoms with Crippen molar-refractivity contribution >= 4 is 21.9 Å². The van der Waals surface area contributed by atoms with Crippen molar-refractivity contribution in [1.82, 2.24) is 0 Å². The minimum absolute atomic E-state index is 0.206. The minimum atomic E-state index is -1.06. The van der Waals surface area contributed by atoms with Crippen LogP contribution in [0.25, 0.3) is 0 Å². The molecule has 3 atom stereocenters. The Morgan fingerprint density at radius 3 is 2.85 bits per heavy atom. The molecule has 0 heterocycles. The summed E-state index contributed by atoms with van der Waals surface area (Å²) in [6.07, 6.45) is 1.79. The van der Waals surface area contributed by atoms with Crippen LogP contribution in [0.15, 0.2) is 0 Å². The number of halogens is 2. The number of rotatable bonds is 1. The molecule has 0 spiro atoms. The van der Waals surface area contributed by atoms with Gasteiger partial charge in [0, 0.05) is 4.83 Å². The third-order valence-electron chi connectivity index (χ3n) is 2.45. The van der Waals surface area contributed by atoms with Gasteiger partial charge in [-0.05, 0) is 19.3 Å². The molecule has 4 heteroatoms. The number of ether oxygens (including phenoxy) is 1. The van der Waals surface area contributed by atoms with Crippen molar-refractivity contribution in [2.24, 2.45) is 5.92 Å². The van der Waals surface area contributed by atoms with Gasteiger partial charge in [-0.3, -0.25) is 4.79 Å². The van der Waals surface area contributed by atoms with Crippen LogP contribution in [0.5, 0.6) is 0 Å². The fourth-order valence-electron chi connectivity index (χ4n) is 1.68. The summed E-state index contributed by atoms with van der Waals surface area (Å²) in [5, 5.41) is 0. The fourth-order valence-corrected chi connectivity index (χ4v) is 2.36. The fraction of sp³-hybridized carbons (Fsp3) is 0.889. The lowest BCUT2D eigenvalue weighted by Crippen LogP contribution is -2.26. The predicted octanol–water partition coefficient (Wildman–Crippen LogP) is 2.45. The second-order valence-electron chi connectivity index (χ2n) is 3.41. The quantitative estimate of drug-likeness (QED) is 0.407. The van der Waals surface area contributed by atoms with Crippen molar-refractivity contribution in [2.45, 2.75) is 36.7 Å². The molecule has 0 N–H and O–H groups in total. The largest absolute Gasteiger partial charge is 0.469 e. The van der Waals surface area contributed by atoms with Crippen molar-refractivity contribution < 1.29 is 13.9 Å². The lowest BCUT2D eigenvalue weighted by Gasteiger charge is -2.15. The first-order valence-corrected chi connectivity index (χ1v) is 5.42. The lowest BCUT2D eigenvalue weighted by atomic mass is 9.99. The smallest absolute Gasteiger partial charge is 0.311 e. The number of carbonyl (C=O) groups is 1. The van der Waals surface area contributed by atoms with E-state index in [0.717, 1.165) is 12.8 Å². The van der Waals surface area contributed by atoms with Crippen LogP contribution in [0, 0.1) is 5.92 Å². The van der Waals surface area contributed by atoms with E-state index in [1.54, 1.807) is 0 Å². The molecule has 1 rings (SSSR count). The van der Waals surface area contributed by atoms with Crippen LogP contribution < -0.4 is 0 Å². The highest BCUT2D eigenvalue weighted by Gasteiger charge is 2.32. The molecule has 1 aliphatic carbocycles. The van der Waals surface area contributed by atoms with E-state index in [4.69, 9.17) is 0 Å². The van der Waals surface area contributed by atoms with Crippen LogP contribution in [-0.4, -0.2) is 24.1 Å². The molecular formula is C9H14BrFO2. The van der Waals surface area contributed by atoms with Crippen LogP contribution in [0.3, 0.4) is 0 Å². The van der Waals surface area contributed by atoms with Gasteiger partial charge in [-0.25, -0.2) is 4.39 Å². The molecule has 0 amide bonds. The molecule has 0 aliphatic heterocycles. The number of hydrogen-bond donors (Lipinski definition) is 0. The van der Waals surface area contributed by atoms with Gasteiger partial charge in [-0.2, -0.15) is 0 Å². The van der Waals surface area contributed by atoms with Gasteiger partial charge < -0.3 is 4.74 Å². The van der Waals surface area contributed by atoms with Gasteiger partial charge in [-0.1, -0.05) is 22.4 Å². The zero-order valence-corrected chi connectivity index (χ0v) is 9.22. The summed E-state index contributed by atoms with van der Waals surface area (Å²) in [7, 11) is 1.31. The molecule has 0 bridgehead atoms. The van der Waals surface area contributed by atoms with E-state index in [9.17, 15) is 9.18 Å². The minimum Gasteiger partial charge on any atom is -0.469 e. The van der Waals surface area contributed by atoms with Crippen LogP contribution >= 0.6 is 15.9 Å². The molecular weight excluding hydrogens is 239 g/mol. The molecule has 0 aromatic rings. The first kappa shape index (κ1) is 11.0. The summed E-state index contributed by atoms with van der Waals surface area (Å²) in [4.78, 5) is 11.4.